The van der Waals surface area contributed by atoms with Crippen LogP contribution in [0.3, 0.4) is 0 Å². The Bertz CT molecular complexity index is 488. The first-order chi connectivity index (χ1) is 5.91. The van der Waals surface area contributed by atoms with Crippen molar-refractivity contribution in [1.29, 1.82) is 0 Å². The van der Waals surface area contributed by atoms with Crippen molar-refractivity contribution < 1.29 is 27.9 Å². The lowest BCUT2D eigenvalue weighted by atomic mass is 10.3. The van der Waals surface area contributed by atoms with E-state index < -0.39 is 26.5 Å². The first-order valence-electron chi connectivity index (χ1n) is 3.15. The molecule has 0 unspecified atom stereocenters. The lowest BCUT2D eigenvalue weighted by molar-refractivity contribution is 0.410. The van der Waals surface area contributed by atoms with Gasteiger partial charge in [0.15, 0.2) is 16.4 Å². The van der Waals surface area contributed by atoms with E-state index >= 15 is 0 Å². The molecular weight excluding hydrogens is 200 g/mol. The molecule has 0 bridgehead atoms. The normalized spacial score (nSPS) is 13.3. The van der Waals surface area contributed by atoms with Crippen molar-refractivity contribution in [2.24, 2.45) is 0 Å². The molecule has 1 aromatic rings. The van der Waals surface area contributed by atoms with Gasteiger partial charge in [0.25, 0.3) is 0 Å². The smallest absolute Gasteiger partial charge is 0.302 e. The fourth-order valence-electron chi connectivity index (χ4n) is 1.01. The molecule has 2 rings (SSSR count). The van der Waals surface area contributed by atoms with E-state index in [0.717, 1.165) is 6.07 Å². The van der Waals surface area contributed by atoms with Gasteiger partial charge in [0, 0.05) is 6.07 Å². The van der Waals surface area contributed by atoms with E-state index in [2.05, 4.69) is 4.74 Å². The Hall–Kier alpha value is -1.47. The Morgan fingerprint density at radius 2 is 1.92 bits per heavy atom. The Morgan fingerprint density at radius 1 is 1.31 bits per heavy atom. The van der Waals surface area contributed by atoms with E-state index in [4.69, 9.17) is 14.8 Å². The SMILES string of the molecule is O=S(=O)(O)c1c(O)cc2c(c1O)O2. The summed E-state index contributed by atoms with van der Waals surface area (Å²) < 4.78 is 34.5. The number of ether oxygens (including phenoxy) is 1. The molecule has 7 heteroatoms. The number of phenols is 2. The summed E-state index contributed by atoms with van der Waals surface area (Å²) in [4.78, 5) is -0.927. The second kappa shape index (κ2) is 2.06. The van der Waals surface area contributed by atoms with Gasteiger partial charge >= 0.3 is 10.1 Å². The lowest BCUT2D eigenvalue weighted by Crippen LogP contribution is -1.97. The third-order valence-corrected chi connectivity index (χ3v) is 2.50. The molecular formula is C6H4O6S. The van der Waals surface area contributed by atoms with Gasteiger partial charge < -0.3 is 14.9 Å². The fraction of sp³-hybridized carbons (Fsp3) is 0. The number of aromatic hydroxyl groups is 2. The van der Waals surface area contributed by atoms with Crippen molar-refractivity contribution >= 4 is 10.1 Å². The molecule has 1 heterocycles. The van der Waals surface area contributed by atoms with E-state index in [9.17, 15) is 8.42 Å². The molecule has 0 saturated carbocycles. The van der Waals surface area contributed by atoms with Gasteiger partial charge in [-0.05, 0) is 0 Å². The number of phenolic OH excluding ortho intramolecular Hbond substituents is 2. The van der Waals surface area contributed by atoms with Gasteiger partial charge in [-0.3, -0.25) is 4.55 Å². The van der Waals surface area contributed by atoms with Gasteiger partial charge in [-0.1, -0.05) is 0 Å². The first-order valence-corrected chi connectivity index (χ1v) is 4.59. The minimum atomic E-state index is -4.63. The highest BCUT2D eigenvalue weighted by molar-refractivity contribution is 7.86. The van der Waals surface area contributed by atoms with Crippen LogP contribution in [-0.4, -0.2) is 23.2 Å². The van der Waals surface area contributed by atoms with Gasteiger partial charge in [0.1, 0.15) is 5.75 Å². The Kier molecular flexibility index (Phi) is 1.29. The maximum atomic E-state index is 10.6. The van der Waals surface area contributed by atoms with Crippen LogP contribution in [0.4, 0.5) is 0 Å². The third kappa shape index (κ3) is 1.09. The van der Waals surface area contributed by atoms with E-state index in [-0.39, 0.29) is 11.5 Å². The van der Waals surface area contributed by atoms with Gasteiger partial charge in [-0.25, -0.2) is 0 Å². The van der Waals surface area contributed by atoms with Crippen LogP contribution in [-0.2, 0) is 10.1 Å². The first kappa shape index (κ1) is 8.14. The molecule has 70 valence electrons. The monoisotopic (exact) mass is 204 g/mol. The molecule has 1 aliphatic rings. The van der Waals surface area contributed by atoms with Crippen LogP contribution in [0.25, 0.3) is 0 Å². The molecule has 6 nitrogen and oxygen atoms in total. The molecule has 0 spiro atoms. The Labute approximate surface area is 72.8 Å². The predicted octanol–water partition coefficient (Wildman–Crippen LogP) is 0.450. The molecule has 0 amide bonds. The predicted molar refractivity (Wildman–Crippen MR) is 39.7 cm³/mol. The second-order valence-electron chi connectivity index (χ2n) is 2.48. The van der Waals surface area contributed by atoms with Crippen LogP contribution in [0.5, 0.6) is 23.0 Å². The zero-order valence-electron chi connectivity index (χ0n) is 6.05. The number of rotatable bonds is 1. The summed E-state index contributed by atoms with van der Waals surface area (Å²) in [5.41, 5.74) is 0. The van der Waals surface area contributed by atoms with Crippen LogP contribution in [0.2, 0.25) is 0 Å². The van der Waals surface area contributed by atoms with Crippen molar-refractivity contribution in [2.75, 3.05) is 0 Å². The topological polar surface area (TPSA) is 107 Å². The van der Waals surface area contributed by atoms with Crippen LogP contribution < -0.4 is 4.74 Å². The second-order valence-corrected chi connectivity index (χ2v) is 3.84. The zero-order chi connectivity index (χ0) is 9.80. The Balaban J connectivity index is 2.79. The summed E-state index contributed by atoms with van der Waals surface area (Å²) in [7, 11) is -4.63. The highest BCUT2D eigenvalue weighted by Gasteiger charge is 2.34. The highest BCUT2D eigenvalue weighted by atomic mass is 32.2. The summed E-state index contributed by atoms with van der Waals surface area (Å²) in [5.74, 6) is -1.35. The summed E-state index contributed by atoms with van der Waals surface area (Å²) in [6.07, 6.45) is 0. The molecule has 0 atom stereocenters. The average molecular weight is 204 g/mol. The number of fused-ring (bicyclic) bond motifs is 1. The molecule has 1 aromatic carbocycles. The van der Waals surface area contributed by atoms with E-state index in [1.807, 2.05) is 0 Å². The average Bonchev–Trinajstić information content (AvgIpc) is 2.62. The number of hydrogen-bond donors (Lipinski definition) is 3. The van der Waals surface area contributed by atoms with Crippen molar-refractivity contribution in [3.8, 4) is 23.0 Å². The maximum absolute atomic E-state index is 10.6. The summed E-state index contributed by atoms with van der Waals surface area (Å²) in [5, 5.41) is 18.2. The highest BCUT2D eigenvalue weighted by Crippen LogP contribution is 2.57. The molecule has 3 N–H and O–H groups in total. The quantitative estimate of drug-likeness (QED) is 0.459. The molecule has 0 fully saturated rings. The van der Waals surface area contributed by atoms with Gasteiger partial charge in [-0.2, -0.15) is 8.42 Å². The van der Waals surface area contributed by atoms with Gasteiger partial charge in [-0.15, -0.1) is 0 Å². The van der Waals surface area contributed by atoms with Crippen molar-refractivity contribution in [3.63, 3.8) is 0 Å². The standard InChI is InChI=1S/C6H4O6S/c7-2-1-3-5(12-3)4(8)6(2)13(9,10)11/h1,7-8H,(H,9,10,11). The van der Waals surface area contributed by atoms with Crippen LogP contribution in [0.1, 0.15) is 0 Å². The molecule has 0 radical (unpaired) electrons. The summed E-state index contributed by atoms with van der Waals surface area (Å²) >= 11 is 0. The van der Waals surface area contributed by atoms with Crippen LogP contribution in [0, 0.1) is 0 Å². The molecule has 1 aliphatic heterocycles. The van der Waals surface area contributed by atoms with Gasteiger partial charge in [0.2, 0.25) is 5.75 Å². The molecule has 0 saturated heterocycles. The Morgan fingerprint density at radius 3 is 2.46 bits per heavy atom. The largest absolute Gasteiger partial charge is 0.506 e. The number of hydrogen-bond acceptors (Lipinski definition) is 5. The zero-order valence-corrected chi connectivity index (χ0v) is 6.87. The molecule has 13 heavy (non-hydrogen) atoms. The van der Waals surface area contributed by atoms with Crippen molar-refractivity contribution in [3.05, 3.63) is 6.07 Å². The molecule has 0 aliphatic carbocycles. The minimum Gasteiger partial charge on any atom is -0.506 e. The van der Waals surface area contributed by atoms with Crippen molar-refractivity contribution in [1.82, 2.24) is 0 Å². The fourth-order valence-corrected chi connectivity index (χ4v) is 1.67. The van der Waals surface area contributed by atoms with E-state index in [1.165, 1.54) is 0 Å². The molecule has 0 aromatic heterocycles. The lowest BCUT2D eigenvalue weighted by Gasteiger charge is -1.99. The summed E-state index contributed by atoms with van der Waals surface area (Å²) in [6.45, 7) is 0. The van der Waals surface area contributed by atoms with Gasteiger partial charge in [0.05, 0.1) is 0 Å². The third-order valence-electron chi connectivity index (χ3n) is 1.58. The van der Waals surface area contributed by atoms with Crippen molar-refractivity contribution in [2.45, 2.75) is 4.90 Å². The van der Waals surface area contributed by atoms with Crippen LogP contribution in [0.15, 0.2) is 11.0 Å². The maximum Gasteiger partial charge on any atom is 0.302 e. The van der Waals surface area contributed by atoms with E-state index in [0.29, 0.717) is 0 Å². The minimum absolute atomic E-state index is 0.0366. The summed E-state index contributed by atoms with van der Waals surface area (Å²) in [6, 6.07) is 0.998. The number of benzene rings is 1. The van der Waals surface area contributed by atoms with E-state index in [1.54, 1.807) is 0 Å². The van der Waals surface area contributed by atoms with Crippen LogP contribution >= 0.6 is 0 Å².